The van der Waals surface area contributed by atoms with Crippen LogP contribution in [0.5, 0.6) is 5.75 Å². The second kappa shape index (κ2) is 6.17. The fraction of sp³-hybridized carbons (Fsp3) is 0.0714. The average molecular weight is 360 g/mol. The van der Waals surface area contributed by atoms with E-state index in [9.17, 15) is 18.0 Å². The summed E-state index contributed by atoms with van der Waals surface area (Å²) < 4.78 is 45.5. The highest BCUT2D eigenvalue weighted by atomic mass is 79.9. The fourth-order valence-corrected chi connectivity index (χ4v) is 2.11. The number of ether oxygens (including phenoxy) is 1. The van der Waals surface area contributed by atoms with E-state index in [1.165, 1.54) is 13.2 Å². The van der Waals surface area contributed by atoms with Gasteiger partial charge in [0.25, 0.3) is 5.91 Å². The first-order chi connectivity index (χ1) is 9.92. The largest absolute Gasteiger partial charge is 0.494 e. The lowest BCUT2D eigenvalue weighted by molar-refractivity contribution is 0.101. The maximum Gasteiger partial charge on any atom is 0.261 e. The van der Waals surface area contributed by atoms with Gasteiger partial charge in [-0.2, -0.15) is 0 Å². The van der Waals surface area contributed by atoms with Crippen molar-refractivity contribution in [2.24, 2.45) is 0 Å². The minimum absolute atomic E-state index is 0.0429. The van der Waals surface area contributed by atoms with Crippen LogP contribution in [0.2, 0.25) is 0 Å². The third-order valence-corrected chi connectivity index (χ3v) is 3.10. The van der Waals surface area contributed by atoms with Crippen molar-refractivity contribution in [3.63, 3.8) is 0 Å². The number of carbonyl (C=O) groups excluding carboxylic acids is 1. The van der Waals surface area contributed by atoms with Crippen LogP contribution >= 0.6 is 15.9 Å². The van der Waals surface area contributed by atoms with Crippen molar-refractivity contribution in [1.29, 1.82) is 0 Å². The third-order valence-electron chi connectivity index (χ3n) is 2.65. The Balaban J connectivity index is 2.35. The van der Waals surface area contributed by atoms with Crippen LogP contribution in [0.25, 0.3) is 0 Å². The molecule has 0 aliphatic rings. The van der Waals surface area contributed by atoms with E-state index in [-0.39, 0.29) is 15.9 Å². The second-order valence-corrected chi connectivity index (χ2v) is 4.96. The van der Waals surface area contributed by atoms with Gasteiger partial charge in [-0.3, -0.25) is 4.79 Å². The monoisotopic (exact) mass is 359 g/mol. The minimum atomic E-state index is -1.01. The van der Waals surface area contributed by atoms with Crippen LogP contribution in [0.15, 0.2) is 34.8 Å². The molecule has 7 heteroatoms. The third kappa shape index (κ3) is 3.36. The van der Waals surface area contributed by atoms with Gasteiger partial charge in [-0.15, -0.1) is 0 Å². The maximum atomic E-state index is 13.7. The molecule has 21 heavy (non-hydrogen) atoms. The molecule has 0 heterocycles. The molecule has 0 fully saturated rings. The lowest BCUT2D eigenvalue weighted by Crippen LogP contribution is -2.16. The molecule has 0 spiro atoms. The molecule has 1 amide bonds. The summed E-state index contributed by atoms with van der Waals surface area (Å²) in [4.78, 5) is 12.0. The van der Waals surface area contributed by atoms with E-state index in [4.69, 9.17) is 4.74 Å². The Morgan fingerprint density at radius 2 is 1.76 bits per heavy atom. The van der Waals surface area contributed by atoms with Crippen LogP contribution in [-0.4, -0.2) is 13.0 Å². The first kappa shape index (κ1) is 15.4. The van der Waals surface area contributed by atoms with Crippen LogP contribution in [0, 0.1) is 17.5 Å². The zero-order valence-corrected chi connectivity index (χ0v) is 12.3. The van der Waals surface area contributed by atoms with Gasteiger partial charge in [0.1, 0.15) is 28.8 Å². The topological polar surface area (TPSA) is 38.3 Å². The Hall–Kier alpha value is -2.02. The van der Waals surface area contributed by atoms with Crippen LogP contribution in [-0.2, 0) is 0 Å². The molecule has 0 bridgehead atoms. The van der Waals surface area contributed by atoms with Gasteiger partial charge in [0, 0.05) is 10.5 Å². The van der Waals surface area contributed by atoms with Gasteiger partial charge in [0.2, 0.25) is 0 Å². The molecule has 0 radical (unpaired) electrons. The van der Waals surface area contributed by atoms with Crippen LogP contribution in [0.3, 0.4) is 0 Å². The SMILES string of the molecule is COc1cc(F)ccc1NC(=O)c1c(F)cc(Br)cc1F. The predicted octanol–water partition coefficient (Wildman–Crippen LogP) is 4.13. The molecule has 2 aromatic carbocycles. The smallest absolute Gasteiger partial charge is 0.261 e. The van der Waals surface area contributed by atoms with E-state index in [1.807, 2.05) is 0 Å². The summed E-state index contributed by atoms with van der Waals surface area (Å²) in [6.07, 6.45) is 0. The zero-order valence-electron chi connectivity index (χ0n) is 10.7. The van der Waals surface area contributed by atoms with Gasteiger partial charge in [-0.1, -0.05) is 15.9 Å². The highest BCUT2D eigenvalue weighted by molar-refractivity contribution is 9.10. The van der Waals surface area contributed by atoms with E-state index in [0.717, 1.165) is 24.3 Å². The molecule has 0 aromatic heterocycles. The van der Waals surface area contributed by atoms with Crippen molar-refractivity contribution in [3.8, 4) is 5.75 Å². The molecule has 0 aliphatic carbocycles. The molecule has 0 unspecified atom stereocenters. The molecule has 0 atom stereocenters. The number of rotatable bonds is 3. The summed E-state index contributed by atoms with van der Waals surface area (Å²) in [5.74, 6) is -3.55. The quantitative estimate of drug-likeness (QED) is 0.894. The number of hydrogen-bond acceptors (Lipinski definition) is 2. The standard InChI is InChI=1S/C14H9BrF3NO2/c1-21-12-6-8(16)2-3-11(12)19-14(20)13-9(17)4-7(15)5-10(13)18/h2-6H,1H3,(H,19,20). The average Bonchev–Trinajstić information content (AvgIpc) is 2.39. The molecule has 2 rings (SSSR count). The Morgan fingerprint density at radius 1 is 1.14 bits per heavy atom. The van der Waals surface area contributed by atoms with Gasteiger partial charge in [-0.25, -0.2) is 13.2 Å². The number of carbonyl (C=O) groups is 1. The van der Waals surface area contributed by atoms with Gasteiger partial charge >= 0.3 is 0 Å². The molecule has 1 N–H and O–H groups in total. The number of methoxy groups -OCH3 is 1. The normalized spacial score (nSPS) is 10.3. The summed E-state index contributed by atoms with van der Waals surface area (Å²) >= 11 is 2.92. The van der Waals surface area contributed by atoms with Crippen molar-refractivity contribution in [2.45, 2.75) is 0 Å². The van der Waals surface area contributed by atoms with Gasteiger partial charge < -0.3 is 10.1 Å². The molecule has 0 aliphatic heterocycles. The lowest BCUT2D eigenvalue weighted by atomic mass is 10.1. The summed E-state index contributed by atoms with van der Waals surface area (Å²) in [7, 11) is 1.28. The Bertz CT molecular complexity index is 684. The molecular formula is C14H9BrF3NO2. The van der Waals surface area contributed by atoms with Crippen molar-refractivity contribution in [2.75, 3.05) is 12.4 Å². The second-order valence-electron chi connectivity index (χ2n) is 4.04. The van der Waals surface area contributed by atoms with E-state index in [0.29, 0.717) is 0 Å². The van der Waals surface area contributed by atoms with E-state index >= 15 is 0 Å². The molecular weight excluding hydrogens is 351 g/mol. The number of hydrogen-bond donors (Lipinski definition) is 1. The molecule has 110 valence electrons. The Morgan fingerprint density at radius 3 is 2.33 bits per heavy atom. The van der Waals surface area contributed by atoms with Gasteiger partial charge in [0.05, 0.1) is 12.8 Å². The molecule has 3 nitrogen and oxygen atoms in total. The van der Waals surface area contributed by atoms with Crippen LogP contribution < -0.4 is 10.1 Å². The highest BCUT2D eigenvalue weighted by Crippen LogP contribution is 2.27. The minimum Gasteiger partial charge on any atom is -0.494 e. The summed E-state index contributed by atoms with van der Waals surface area (Å²) in [6.45, 7) is 0. The Labute approximate surface area is 126 Å². The van der Waals surface area contributed by atoms with Crippen LogP contribution in [0.4, 0.5) is 18.9 Å². The highest BCUT2D eigenvalue weighted by Gasteiger charge is 2.19. The lowest BCUT2D eigenvalue weighted by Gasteiger charge is -2.11. The van der Waals surface area contributed by atoms with E-state index in [2.05, 4.69) is 21.2 Å². The van der Waals surface area contributed by atoms with Crippen LogP contribution in [0.1, 0.15) is 10.4 Å². The van der Waals surface area contributed by atoms with Crippen molar-refractivity contribution >= 4 is 27.5 Å². The van der Waals surface area contributed by atoms with E-state index in [1.54, 1.807) is 0 Å². The van der Waals surface area contributed by atoms with Gasteiger partial charge in [0.15, 0.2) is 0 Å². The molecule has 0 saturated carbocycles. The maximum absolute atomic E-state index is 13.7. The predicted molar refractivity (Wildman–Crippen MR) is 75.0 cm³/mol. The zero-order chi connectivity index (χ0) is 15.6. The summed E-state index contributed by atoms with van der Waals surface area (Å²) in [6, 6.07) is 5.32. The number of halogens is 4. The first-order valence-electron chi connectivity index (χ1n) is 5.72. The number of nitrogens with one attached hydrogen (secondary N) is 1. The summed E-state index contributed by atoms with van der Waals surface area (Å²) in [5, 5.41) is 2.28. The first-order valence-corrected chi connectivity index (χ1v) is 6.51. The van der Waals surface area contributed by atoms with Crippen molar-refractivity contribution in [3.05, 3.63) is 57.8 Å². The van der Waals surface area contributed by atoms with Gasteiger partial charge in [-0.05, 0) is 24.3 Å². The van der Waals surface area contributed by atoms with Crippen molar-refractivity contribution in [1.82, 2.24) is 0 Å². The number of amides is 1. The molecule has 0 saturated heterocycles. The number of anilines is 1. The number of benzene rings is 2. The van der Waals surface area contributed by atoms with Crippen molar-refractivity contribution < 1.29 is 22.7 Å². The molecule has 2 aromatic rings. The summed E-state index contributed by atoms with van der Waals surface area (Å²) in [5.41, 5.74) is -0.629. The van der Waals surface area contributed by atoms with E-state index < -0.39 is 28.9 Å². The Kier molecular flexibility index (Phi) is 4.52. The fourth-order valence-electron chi connectivity index (χ4n) is 1.71.